The average Bonchev–Trinajstić information content (AvgIpc) is 3.36. The molecule has 4 rings (SSSR count). The summed E-state index contributed by atoms with van der Waals surface area (Å²) in [7, 11) is 0. The normalized spacial score (nSPS) is 15.1. The standard InChI is InChI=1S/C26H30N4O2S/c1-18-13-14-21(19(2)15-18)17-30(26(32)23-16-27-33-29-23)24(20-9-5-3-6-10-20)25(31)28-22-11-7-4-8-12-22/h3,5-6,9-10,13-16,22,24H,4,7-8,11-12,17H2,1-2H3,(H,28,31)/t24-/m0/s1. The summed E-state index contributed by atoms with van der Waals surface area (Å²) in [6.07, 6.45) is 6.89. The fourth-order valence-corrected chi connectivity index (χ4v) is 4.94. The van der Waals surface area contributed by atoms with E-state index < -0.39 is 6.04 Å². The van der Waals surface area contributed by atoms with E-state index in [1.54, 1.807) is 4.90 Å². The first-order chi connectivity index (χ1) is 16.0. The summed E-state index contributed by atoms with van der Waals surface area (Å²) in [5, 5.41) is 3.24. The molecule has 33 heavy (non-hydrogen) atoms. The van der Waals surface area contributed by atoms with Crippen LogP contribution in [0.25, 0.3) is 0 Å². The maximum Gasteiger partial charge on any atom is 0.276 e. The fourth-order valence-electron chi connectivity index (χ4n) is 4.53. The third-order valence-corrected chi connectivity index (χ3v) is 6.78. The second-order valence-corrected chi connectivity index (χ2v) is 9.37. The highest BCUT2D eigenvalue weighted by Gasteiger charge is 2.34. The van der Waals surface area contributed by atoms with Crippen molar-refractivity contribution < 1.29 is 9.59 Å². The molecule has 7 heteroatoms. The summed E-state index contributed by atoms with van der Waals surface area (Å²) in [6, 6.07) is 15.1. The Bertz CT molecular complexity index is 1080. The number of hydrogen-bond acceptors (Lipinski definition) is 5. The smallest absolute Gasteiger partial charge is 0.276 e. The molecule has 1 N–H and O–H groups in total. The lowest BCUT2D eigenvalue weighted by molar-refractivity contribution is -0.127. The Hall–Kier alpha value is -3.06. The molecular weight excluding hydrogens is 432 g/mol. The first-order valence-corrected chi connectivity index (χ1v) is 12.3. The number of aryl methyl sites for hydroxylation is 2. The van der Waals surface area contributed by atoms with E-state index in [1.807, 2.05) is 56.3 Å². The highest BCUT2D eigenvalue weighted by molar-refractivity contribution is 6.99. The second kappa shape index (κ2) is 10.7. The Balaban J connectivity index is 1.72. The first kappa shape index (κ1) is 23.1. The quantitative estimate of drug-likeness (QED) is 0.537. The van der Waals surface area contributed by atoms with Crippen LogP contribution in [0.4, 0.5) is 0 Å². The Morgan fingerprint density at radius 2 is 1.85 bits per heavy atom. The minimum Gasteiger partial charge on any atom is -0.351 e. The molecule has 1 aliphatic carbocycles. The molecule has 6 nitrogen and oxygen atoms in total. The van der Waals surface area contributed by atoms with Crippen LogP contribution < -0.4 is 5.32 Å². The first-order valence-electron chi connectivity index (χ1n) is 11.5. The highest BCUT2D eigenvalue weighted by Crippen LogP contribution is 2.28. The van der Waals surface area contributed by atoms with Crippen LogP contribution in [0.2, 0.25) is 0 Å². The lowest BCUT2D eigenvalue weighted by Gasteiger charge is -2.33. The SMILES string of the molecule is Cc1ccc(CN(C(=O)c2cnsn2)[C@H](C(=O)NC2CCCCC2)c2ccccc2)c(C)c1. The van der Waals surface area contributed by atoms with Crippen molar-refractivity contribution in [3.8, 4) is 0 Å². The maximum atomic E-state index is 13.7. The van der Waals surface area contributed by atoms with E-state index in [2.05, 4.69) is 20.1 Å². The number of benzene rings is 2. The van der Waals surface area contributed by atoms with Gasteiger partial charge in [0.2, 0.25) is 5.91 Å². The molecule has 1 atom stereocenters. The maximum absolute atomic E-state index is 13.7. The van der Waals surface area contributed by atoms with Crippen molar-refractivity contribution in [2.24, 2.45) is 0 Å². The zero-order valence-corrected chi connectivity index (χ0v) is 20.0. The Morgan fingerprint density at radius 1 is 1.09 bits per heavy atom. The van der Waals surface area contributed by atoms with Crippen molar-refractivity contribution in [3.05, 3.63) is 82.7 Å². The number of carbonyl (C=O) groups excluding carboxylic acids is 2. The summed E-state index contributed by atoms with van der Waals surface area (Å²) in [5.41, 5.74) is 4.29. The van der Waals surface area contributed by atoms with Crippen LogP contribution in [0, 0.1) is 13.8 Å². The van der Waals surface area contributed by atoms with Crippen LogP contribution in [0.5, 0.6) is 0 Å². The van der Waals surface area contributed by atoms with Crippen LogP contribution in [0.15, 0.2) is 54.7 Å². The average molecular weight is 463 g/mol. The van der Waals surface area contributed by atoms with Gasteiger partial charge in [-0.15, -0.1) is 0 Å². The van der Waals surface area contributed by atoms with Gasteiger partial charge in [-0.3, -0.25) is 9.59 Å². The summed E-state index contributed by atoms with van der Waals surface area (Å²) in [5.74, 6) is -0.439. The fraction of sp³-hybridized carbons (Fsp3) is 0.385. The number of rotatable bonds is 7. The third-order valence-electron chi connectivity index (χ3n) is 6.31. The summed E-state index contributed by atoms with van der Waals surface area (Å²) in [6.45, 7) is 4.39. The van der Waals surface area contributed by atoms with Gasteiger partial charge in [0.1, 0.15) is 6.04 Å². The van der Waals surface area contributed by atoms with E-state index in [4.69, 9.17) is 0 Å². The summed E-state index contributed by atoms with van der Waals surface area (Å²) in [4.78, 5) is 29.0. The molecule has 0 saturated heterocycles. The summed E-state index contributed by atoms with van der Waals surface area (Å²) < 4.78 is 8.19. The van der Waals surface area contributed by atoms with Crippen molar-refractivity contribution in [3.63, 3.8) is 0 Å². The van der Waals surface area contributed by atoms with E-state index in [1.165, 1.54) is 12.6 Å². The van der Waals surface area contributed by atoms with Gasteiger partial charge in [0, 0.05) is 12.6 Å². The molecule has 0 spiro atoms. The molecule has 1 saturated carbocycles. The van der Waals surface area contributed by atoms with Gasteiger partial charge in [-0.05, 0) is 43.4 Å². The minimum atomic E-state index is -0.761. The molecule has 2 amide bonds. The van der Waals surface area contributed by atoms with Gasteiger partial charge in [0.25, 0.3) is 5.91 Å². The summed E-state index contributed by atoms with van der Waals surface area (Å²) >= 11 is 0.993. The lowest BCUT2D eigenvalue weighted by Crippen LogP contribution is -2.47. The van der Waals surface area contributed by atoms with Gasteiger partial charge < -0.3 is 10.2 Å². The highest BCUT2D eigenvalue weighted by atomic mass is 32.1. The molecule has 0 aliphatic heterocycles. The van der Waals surface area contributed by atoms with Gasteiger partial charge >= 0.3 is 0 Å². The largest absolute Gasteiger partial charge is 0.351 e. The van der Waals surface area contributed by atoms with E-state index >= 15 is 0 Å². The molecule has 1 aromatic heterocycles. The molecule has 1 heterocycles. The molecule has 2 aromatic carbocycles. The Morgan fingerprint density at radius 3 is 2.52 bits per heavy atom. The van der Waals surface area contributed by atoms with Gasteiger partial charge in [-0.2, -0.15) is 8.75 Å². The van der Waals surface area contributed by atoms with E-state index in [9.17, 15) is 9.59 Å². The van der Waals surface area contributed by atoms with Gasteiger partial charge in [0.15, 0.2) is 5.69 Å². The zero-order valence-electron chi connectivity index (χ0n) is 19.2. The predicted octanol–water partition coefficient (Wildman–Crippen LogP) is 4.99. The van der Waals surface area contributed by atoms with Gasteiger partial charge in [-0.25, -0.2) is 0 Å². The molecule has 172 valence electrons. The predicted molar refractivity (Wildman–Crippen MR) is 130 cm³/mol. The van der Waals surface area contributed by atoms with Gasteiger partial charge in [-0.1, -0.05) is 73.4 Å². The van der Waals surface area contributed by atoms with Crippen LogP contribution in [0.3, 0.4) is 0 Å². The monoisotopic (exact) mass is 462 g/mol. The van der Waals surface area contributed by atoms with Crippen molar-refractivity contribution in [1.29, 1.82) is 0 Å². The number of aromatic nitrogens is 2. The number of nitrogens with zero attached hydrogens (tertiary/aromatic N) is 3. The molecule has 0 radical (unpaired) electrons. The van der Waals surface area contributed by atoms with Crippen LogP contribution in [-0.2, 0) is 11.3 Å². The van der Waals surface area contributed by atoms with Crippen molar-refractivity contribution in [2.45, 2.75) is 64.6 Å². The molecule has 1 fully saturated rings. The number of nitrogens with one attached hydrogen (secondary N) is 1. The Kier molecular flexibility index (Phi) is 7.50. The van der Waals surface area contributed by atoms with E-state index in [0.717, 1.165) is 59.7 Å². The second-order valence-electron chi connectivity index (χ2n) is 8.81. The molecule has 3 aromatic rings. The minimum absolute atomic E-state index is 0.144. The molecule has 0 bridgehead atoms. The molecular formula is C26H30N4O2S. The van der Waals surface area contributed by atoms with Crippen LogP contribution >= 0.6 is 11.7 Å². The molecule has 0 unspecified atom stereocenters. The van der Waals surface area contributed by atoms with Crippen LogP contribution in [0.1, 0.15) is 70.9 Å². The lowest BCUT2D eigenvalue weighted by atomic mass is 9.94. The molecule has 1 aliphatic rings. The third kappa shape index (κ3) is 5.66. The van der Waals surface area contributed by atoms with E-state index in [0.29, 0.717) is 6.54 Å². The number of hydrogen-bond donors (Lipinski definition) is 1. The van der Waals surface area contributed by atoms with Crippen molar-refractivity contribution in [1.82, 2.24) is 19.0 Å². The topological polar surface area (TPSA) is 75.2 Å². The van der Waals surface area contributed by atoms with Crippen molar-refractivity contribution >= 4 is 23.5 Å². The van der Waals surface area contributed by atoms with Crippen LogP contribution in [-0.4, -0.2) is 31.5 Å². The Labute approximate surface area is 199 Å². The zero-order chi connectivity index (χ0) is 23.2. The van der Waals surface area contributed by atoms with E-state index in [-0.39, 0.29) is 23.6 Å². The van der Waals surface area contributed by atoms with Gasteiger partial charge in [0.05, 0.1) is 17.9 Å². The number of amides is 2. The van der Waals surface area contributed by atoms with Crippen molar-refractivity contribution in [2.75, 3.05) is 0 Å². The number of carbonyl (C=O) groups is 2.